The van der Waals surface area contributed by atoms with E-state index in [0.717, 1.165) is 21.8 Å². The summed E-state index contributed by atoms with van der Waals surface area (Å²) < 4.78 is 12.4. The molecule has 2 aromatic rings. The van der Waals surface area contributed by atoms with Gasteiger partial charge in [0.2, 0.25) is 0 Å². The first-order valence-electron chi connectivity index (χ1n) is 8.12. The highest BCUT2D eigenvalue weighted by molar-refractivity contribution is 6.65. The minimum absolute atomic E-state index is 0.385. The van der Waals surface area contributed by atoms with Crippen LogP contribution >= 0.6 is 0 Å². The van der Waals surface area contributed by atoms with E-state index >= 15 is 0 Å². The van der Waals surface area contributed by atoms with Crippen LogP contribution < -0.4 is 5.46 Å². The molecule has 0 saturated carbocycles. The molecule has 0 bridgehead atoms. The van der Waals surface area contributed by atoms with E-state index in [9.17, 15) is 5.11 Å². The van der Waals surface area contributed by atoms with Crippen molar-refractivity contribution in [3.05, 3.63) is 42.0 Å². The second-order valence-corrected chi connectivity index (χ2v) is 7.93. The van der Waals surface area contributed by atoms with E-state index in [2.05, 4.69) is 39.8 Å². The zero-order chi connectivity index (χ0) is 17.0. The summed E-state index contributed by atoms with van der Waals surface area (Å²) in [7, 11) is -0.438. The summed E-state index contributed by atoms with van der Waals surface area (Å²) >= 11 is 0. The second kappa shape index (κ2) is 5.07. The van der Waals surface area contributed by atoms with Crippen molar-refractivity contribution >= 4 is 23.4 Å². The summed E-state index contributed by atoms with van der Waals surface area (Å²) in [4.78, 5) is 0. The Kier molecular flexibility index (Phi) is 3.64. The van der Waals surface area contributed by atoms with Crippen LogP contribution in [0.15, 0.2) is 36.4 Å². The Labute approximate surface area is 138 Å². The van der Waals surface area contributed by atoms with Gasteiger partial charge in [0, 0.05) is 0 Å². The lowest BCUT2D eigenvalue weighted by atomic mass is 9.74. The quantitative estimate of drug-likeness (QED) is 0.864. The zero-order valence-electron chi connectivity index (χ0n) is 14.8. The molecule has 1 saturated heterocycles. The Balaban J connectivity index is 2.17. The van der Waals surface area contributed by atoms with Crippen molar-refractivity contribution in [2.75, 3.05) is 0 Å². The van der Waals surface area contributed by atoms with Crippen LogP contribution in [0.25, 0.3) is 10.8 Å². The number of hydrogen-bond acceptors (Lipinski definition) is 3. The van der Waals surface area contributed by atoms with E-state index in [1.807, 2.05) is 24.3 Å². The minimum atomic E-state index is -0.914. The average molecular weight is 312 g/mol. The SMILES string of the molecule is CC(C)(O)c1cc(B2OC(C)(C)C(C)(C)O2)c2ccccc2c1. The summed E-state index contributed by atoms with van der Waals surface area (Å²) in [6, 6.07) is 12.2. The molecule has 1 fully saturated rings. The second-order valence-electron chi connectivity index (χ2n) is 7.93. The number of fused-ring (bicyclic) bond motifs is 1. The maximum atomic E-state index is 10.4. The standard InChI is InChI=1S/C19H25BO3/c1-17(2,21)14-11-13-9-7-8-10-15(13)16(12-14)20-22-18(3,4)19(5,6)23-20/h7-12,21H,1-6H3. The van der Waals surface area contributed by atoms with Crippen LogP contribution in [-0.2, 0) is 14.9 Å². The molecule has 0 radical (unpaired) electrons. The normalized spacial score (nSPS) is 20.2. The fourth-order valence-corrected chi connectivity index (χ4v) is 2.86. The molecular formula is C19H25BO3. The minimum Gasteiger partial charge on any atom is -0.399 e. The first kappa shape index (κ1) is 16.5. The molecule has 3 rings (SSSR count). The van der Waals surface area contributed by atoms with Crippen LogP contribution in [0.2, 0.25) is 0 Å². The molecule has 4 heteroatoms. The molecule has 3 nitrogen and oxygen atoms in total. The molecule has 2 aromatic carbocycles. The largest absolute Gasteiger partial charge is 0.495 e. The van der Waals surface area contributed by atoms with Crippen molar-refractivity contribution in [2.24, 2.45) is 0 Å². The van der Waals surface area contributed by atoms with Gasteiger partial charge in [0.1, 0.15) is 0 Å². The van der Waals surface area contributed by atoms with Crippen molar-refractivity contribution in [3.8, 4) is 0 Å². The van der Waals surface area contributed by atoms with Crippen molar-refractivity contribution in [2.45, 2.75) is 58.3 Å². The molecule has 1 heterocycles. The molecule has 1 aliphatic heterocycles. The van der Waals surface area contributed by atoms with E-state index < -0.39 is 12.7 Å². The third-order valence-electron chi connectivity index (χ3n) is 5.11. The number of aliphatic hydroxyl groups is 1. The molecule has 0 spiro atoms. The Morgan fingerprint density at radius 3 is 2.09 bits per heavy atom. The van der Waals surface area contributed by atoms with Gasteiger partial charge in [0.15, 0.2) is 0 Å². The van der Waals surface area contributed by atoms with Crippen LogP contribution in [0.3, 0.4) is 0 Å². The predicted octanol–water partition coefficient (Wildman–Crippen LogP) is 3.37. The highest BCUT2D eigenvalue weighted by atomic mass is 16.7. The summed E-state index contributed by atoms with van der Waals surface area (Å²) in [6.07, 6.45) is 0. The zero-order valence-corrected chi connectivity index (χ0v) is 14.8. The topological polar surface area (TPSA) is 38.7 Å². The number of rotatable bonds is 2. The lowest BCUT2D eigenvalue weighted by Crippen LogP contribution is -2.41. The average Bonchev–Trinajstić information content (AvgIpc) is 2.65. The van der Waals surface area contributed by atoms with E-state index in [4.69, 9.17) is 9.31 Å². The van der Waals surface area contributed by atoms with Gasteiger partial charge in [-0.15, -0.1) is 0 Å². The summed E-state index contributed by atoms with van der Waals surface area (Å²) in [5.41, 5.74) is 0.148. The molecule has 122 valence electrons. The smallest absolute Gasteiger partial charge is 0.399 e. The van der Waals surface area contributed by atoms with Gasteiger partial charge in [-0.3, -0.25) is 0 Å². The monoisotopic (exact) mass is 312 g/mol. The maximum Gasteiger partial charge on any atom is 0.495 e. The van der Waals surface area contributed by atoms with Gasteiger partial charge in [-0.25, -0.2) is 0 Å². The Hall–Kier alpha value is -1.36. The van der Waals surface area contributed by atoms with Gasteiger partial charge in [-0.05, 0) is 69.4 Å². The number of hydrogen-bond donors (Lipinski definition) is 1. The first-order chi connectivity index (χ1) is 10.5. The van der Waals surface area contributed by atoms with Crippen LogP contribution in [0.4, 0.5) is 0 Å². The highest BCUT2D eigenvalue weighted by Crippen LogP contribution is 2.37. The van der Waals surface area contributed by atoms with Crippen LogP contribution in [0.5, 0.6) is 0 Å². The molecule has 1 aliphatic rings. The summed E-state index contributed by atoms with van der Waals surface area (Å²) in [6.45, 7) is 11.8. The Morgan fingerprint density at radius 2 is 1.52 bits per heavy atom. The fraction of sp³-hybridized carbons (Fsp3) is 0.474. The Bertz CT molecular complexity index is 728. The van der Waals surface area contributed by atoms with Gasteiger partial charge < -0.3 is 14.4 Å². The van der Waals surface area contributed by atoms with Crippen molar-refractivity contribution < 1.29 is 14.4 Å². The first-order valence-corrected chi connectivity index (χ1v) is 8.12. The summed E-state index contributed by atoms with van der Waals surface area (Å²) in [5, 5.41) is 12.6. The molecular weight excluding hydrogens is 287 g/mol. The van der Waals surface area contributed by atoms with Crippen molar-refractivity contribution in [1.82, 2.24) is 0 Å². The highest BCUT2D eigenvalue weighted by Gasteiger charge is 2.52. The van der Waals surface area contributed by atoms with Crippen LogP contribution in [0.1, 0.15) is 47.1 Å². The molecule has 23 heavy (non-hydrogen) atoms. The molecule has 0 unspecified atom stereocenters. The predicted molar refractivity (Wildman–Crippen MR) is 94.9 cm³/mol. The number of benzene rings is 2. The molecule has 1 N–H and O–H groups in total. The maximum absolute atomic E-state index is 10.4. The third kappa shape index (κ3) is 2.80. The lowest BCUT2D eigenvalue weighted by Gasteiger charge is -2.32. The fourth-order valence-electron chi connectivity index (χ4n) is 2.86. The van der Waals surface area contributed by atoms with Crippen LogP contribution in [0, 0.1) is 0 Å². The van der Waals surface area contributed by atoms with Gasteiger partial charge in [-0.1, -0.05) is 30.3 Å². The summed E-state index contributed by atoms with van der Waals surface area (Å²) in [5.74, 6) is 0. The lowest BCUT2D eigenvalue weighted by molar-refractivity contribution is 0.00578. The van der Waals surface area contributed by atoms with Gasteiger partial charge >= 0.3 is 7.12 Å². The van der Waals surface area contributed by atoms with Crippen molar-refractivity contribution in [3.63, 3.8) is 0 Å². The Morgan fingerprint density at radius 1 is 0.957 bits per heavy atom. The van der Waals surface area contributed by atoms with E-state index in [1.165, 1.54) is 0 Å². The van der Waals surface area contributed by atoms with Gasteiger partial charge in [-0.2, -0.15) is 0 Å². The molecule has 0 atom stereocenters. The molecule has 0 aliphatic carbocycles. The molecule has 0 amide bonds. The van der Waals surface area contributed by atoms with E-state index in [1.54, 1.807) is 13.8 Å². The van der Waals surface area contributed by atoms with Gasteiger partial charge in [0.25, 0.3) is 0 Å². The van der Waals surface area contributed by atoms with E-state index in [-0.39, 0.29) is 11.2 Å². The van der Waals surface area contributed by atoms with Crippen LogP contribution in [-0.4, -0.2) is 23.4 Å². The van der Waals surface area contributed by atoms with Gasteiger partial charge in [0.05, 0.1) is 16.8 Å². The van der Waals surface area contributed by atoms with E-state index in [0.29, 0.717) is 0 Å². The third-order valence-corrected chi connectivity index (χ3v) is 5.11. The molecule has 0 aromatic heterocycles. The van der Waals surface area contributed by atoms with Crippen molar-refractivity contribution in [1.29, 1.82) is 0 Å².